The van der Waals surface area contributed by atoms with Crippen LogP contribution in [0.3, 0.4) is 0 Å². The molecule has 1 aromatic carbocycles. The molecule has 0 N–H and O–H groups in total. The number of halogens is 2. The molecule has 0 aliphatic heterocycles. The first kappa shape index (κ1) is 12.6. The number of hydrogen-bond donors (Lipinski definition) is 0. The van der Waals surface area contributed by atoms with Gasteiger partial charge in [-0.15, -0.1) is 11.6 Å². The molecule has 0 fully saturated rings. The van der Waals surface area contributed by atoms with Gasteiger partial charge in [0.2, 0.25) is 0 Å². The van der Waals surface area contributed by atoms with Gasteiger partial charge >= 0.3 is 0 Å². The Labute approximate surface area is 107 Å². The molecule has 0 bridgehead atoms. The highest BCUT2D eigenvalue weighted by molar-refractivity contribution is 6.22. The van der Waals surface area contributed by atoms with E-state index < -0.39 is 0 Å². The van der Waals surface area contributed by atoms with Crippen molar-refractivity contribution in [1.82, 2.24) is 0 Å². The van der Waals surface area contributed by atoms with E-state index in [1.54, 1.807) is 13.0 Å². The minimum atomic E-state index is -0.141. The van der Waals surface area contributed by atoms with Crippen LogP contribution in [-0.2, 0) is 0 Å². The number of hydrogen-bond acceptors (Lipinski definition) is 0. The van der Waals surface area contributed by atoms with Crippen LogP contribution >= 0.6 is 11.6 Å². The van der Waals surface area contributed by atoms with E-state index in [1.165, 1.54) is 5.57 Å². The van der Waals surface area contributed by atoms with Crippen LogP contribution in [0.5, 0.6) is 0 Å². The van der Waals surface area contributed by atoms with Crippen LogP contribution < -0.4 is 0 Å². The van der Waals surface area contributed by atoms with Gasteiger partial charge in [-0.1, -0.05) is 32.1 Å². The van der Waals surface area contributed by atoms with E-state index in [0.29, 0.717) is 5.56 Å². The van der Waals surface area contributed by atoms with Crippen LogP contribution in [-0.4, -0.2) is 5.38 Å². The molecule has 1 aliphatic rings. The van der Waals surface area contributed by atoms with Gasteiger partial charge in [0.05, 0.1) is 5.38 Å². The van der Waals surface area contributed by atoms with Gasteiger partial charge in [0.15, 0.2) is 0 Å². The Morgan fingerprint density at radius 1 is 1.35 bits per heavy atom. The lowest BCUT2D eigenvalue weighted by Crippen LogP contribution is -2.21. The molecule has 0 saturated carbocycles. The normalized spacial score (nSPS) is 23.4. The SMILES string of the molecule is Cc1ccc(C2=CC(Cl)CC(C)(C)C2)cc1F. The second kappa shape index (κ2) is 4.45. The van der Waals surface area contributed by atoms with Crippen LogP contribution in [0.15, 0.2) is 24.3 Å². The summed E-state index contributed by atoms with van der Waals surface area (Å²) in [7, 11) is 0. The van der Waals surface area contributed by atoms with Crippen molar-refractivity contribution < 1.29 is 4.39 Å². The molecule has 17 heavy (non-hydrogen) atoms. The van der Waals surface area contributed by atoms with E-state index in [2.05, 4.69) is 19.9 Å². The fourth-order valence-electron chi connectivity index (χ4n) is 2.44. The Morgan fingerprint density at radius 3 is 2.65 bits per heavy atom. The molecule has 1 aliphatic carbocycles. The van der Waals surface area contributed by atoms with Gasteiger partial charge in [-0.3, -0.25) is 0 Å². The molecule has 0 saturated heterocycles. The van der Waals surface area contributed by atoms with Crippen LogP contribution in [0, 0.1) is 18.2 Å². The van der Waals surface area contributed by atoms with Crippen molar-refractivity contribution in [3.8, 4) is 0 Å². The number of benzene rings is 1. The molecule has 0 nitrogen and oxygen atoms in total. The Balaban J connectivity index is 2.36. The maximum atomic E-state index is 13.6. The number of allylic oxidation sites excluding steroid dienone is 2. The first-order chi connectivity index (χ1) is 7.87. The van der Waals surface area contributed by atoms with E-state index in [-0.39, 0.29) is 16.6 Å². The highest BCUT2D eigenvalue weighted by atomic mass is 35.5. The lowest BCUT2D eigenvalue weighted by atomic mass is 9.75. The molecule has 1 aromatic rings. The lowest BCUT2D eigenvalue weighted by molar-refractivity contribution is 0.340. The summed E-state index contributed by atoms with van der Waals surface area (Å²) in [6.07, 6.45) is 4.00. The Hall–Kier alpha value is -0.820. The third kappa shape index (κ3) is 2.90. The van der Waals surface area contributed by atoms with Gasteiger partial charge in [0.1, 0.15) is 5.82 Å². The van der Waals surface area contributed by atoms with E-state index in [0.717, 1.165) is 18.4 Å². The second-order valence-electron chi connectivity index (χ2n) is 5.72. The van der Waals surface area contributed by atoms with Crippen molar-refractivity contribution in [2.24, 2.45) is 5.41 Å². The molecule has 0 amide bonds. The fraction of sp³-hybridized carbons (Fsp3) is 0.467. The smallest absolute Gasteiger partial charge is 0.126 e. The number of aryl methyl sites for hydroxylation is 1. The molecule has 1 atom stereocenters. The van der Waals surface area contributed by atoms with Crippen LogP contribution in [0.1, 0.15) is 37.8 Å². The first-order valence-electron chi connectivity index (χ1n) is 5.99. The van der Waals surface area contributed by atoms with Crippen molar-refractivity contribution in [1.29, 1.82) is 0 Å². The van der Waals surface area contributed by atoms with Crippen molar-refractivity contribution in [3.63, 3.8) is 0 Å². The molecular formula is C15H18ClF. The van der Waals surface area contributed by atoms with Gasteiger partial charge in [-0.25, -0.2) is 4.39 Å². The van der Waals surface area contributed by atoms with Gasteiger partial charge in [0, 0.05) is 0 Å². The average molecular weight is 253 g/mol. The molecule has 0 aromatic heterocycles. The third-order valence-corrected chi connectivity index (χ3v) is 3.62. The first-order valence-corrected chi connectivity index (χ1v) is 6.42. The summed E-state index contributed by atoms with van der Waals surface area (Å²) in [5, 5.41) is 0.0538. The minimum absolute atomic E-state index is 0.0538. The molecule has 0 spiro atoms. The second-order valence-corrected chi connectivity index (χ2v) is 6.28. The summed E-state index contributed by atoms with van der Waals surface area (Å²) < 4.78 is 13.6. The molecule has 0 radical (unpaired) electrons. The van der Waals surface area contributed by atoms with Crippen molar-refractivity contribution in [3.05, 3.63) is 41.2 Å². The zero-order valence-corrected chi connectivity index (χ0v) is 11.3. The van der Waals surface area contributed by atoms with Crippen molar-refractivity contribution >= 4 is 17.2 Å². The summed E-state index contributed by atoms with van der Waals surface area (Å²) >= 11 is 6.25. The standard InChI is InChI=1S/C15H18ClF/c1-10-4-5-11(7-14(10)17)12-6-13(16)9-15(2,3)8-12/h4-7,13H,8-9H2,1-3H3. The summed E-state index contributed by atoms with van der Waals surface area (Å²) in [5.41, 5.74) is 3.01. The van der Waals surface area contributed by atoms with Crippen LogP contribution in [0.2, 0.25) is 0 Å². The lowest BCUT2D eigenvalue weighted by Gasteiger charge is -2.32. The van der Waals surface area contributed by atoms with E-state index >= 15 is 0 Å². The maximum Gasteiger partial charge on any atom is 0.126 e. The summed E-state index contributed by atoms with van der Waals surface area (Å²) in [6, 6.07) is 5.43. The molecule has 1 unspecified atom stereocenters. The Morgan fingerprint density at radius 2 is 2.06 bits per heavy atom. The molecule has 2 rings (SSSR count). The van der Waals surface area contributed by atoms with Crippen molar-refractivity contribution in [2.45, 2.75) is 39.0 Å². The Kier molecular flexibility index (Phi) is 3.31. The van der Waals surface area contributed by atoms with Crippen LogP contribution in [0.25, 0.3) is 5.57 Å². The Bertz CT molecular complexity index is 460. The van der Waals surface area contributed by atoms with Crippen molar-refractivity contribution in [2.75, 3.05) is 0 Å². The summed E-state index contributed by atoms with van der Waals surface area (Å²) in [6.45, 7) is 6.20. The van der Waals surface area contributed by atoms with Gasteiger partial charge in [0.25, 0.3) is 0 Å². The van der Waals surface area contributed by atoms with Gasteiger partial charge in [-0.2, -0.15) is 0 Å². The number of alkyl halides is 1. The maximum absolute atomic E-state index is 13.6. The molecule has 2 heteroatoms. The van der Waals surface area contributed by atoms with E-state index in [9.17, 15) is 4.39 Å². The number of rotatable bonds is 1. The summed E-state index contributed by atoms with van der Waals surface area (Å²) in [5.74, 6) is -0.141. The average Bonchev–Trinajstić information content (AvgIpc) is 2.19. The topological polar surface area (TPSA) is 0 Å². The highest BCUT2D eigenvalue weighted by Crippen LogP contribution is 2.41. The zero-order valence-electron chi connectivity index (χ0n) is 10.6. The monoisotopic (exact) mass is 252 g/mol. The predicted molar refractivity (Wildman–Crippen MR) is 71.8 cm³/mol. The zero-order chi connectivity index (χ0) is 12.6. The summed E-state index contributed by atoms with van der Waals surface area (Å²) in [4.78, 5) is 0. The third-order valence-electron chi connectivity index (χ3n) is 3.34. The largest absolute Gasteiger partial charge is 0.207 e. The van der Waals surface area contributed by atoms with Gasteiger partial charge < -0.3 is 0 Å². The minimum Gasteiger partial charge on any atom is -0.207 e. The molecule has 92 valence electrons. The highest BCUT2D eigenvalue weighted by Gasteiger charge is 2.28. The van der Waals surface area contributed by atoms with Crippen LogP contribution in [0.4, 0.5) is 4.39 Å². The van der Waals surface area contributed by atoms with Gasteiger partial charge in [-0.05, 0) is 47.9 Å². The van der Waals surface area contributed by atoms with E-state index in [4.69, 9.17) is 11.6 Å². The molecular weight excluding hydrogens is 235 g/mol. The predicted octanol–water partition coefficient (Wildman–Crippen LogP) is 4.94. The fourth-order valence-corrected chi connectivity index (χ4v) is 3.01. The molecule has 0 heterocycles. The van der Waals surface area contributed by atoms with E-state index in [1.807, 2.05) is 12.1 Å². The quantitative estimate of drug-likeness (QED) is 0.621.